The first-order valence-corrected chi connectivity index (χ1v) is 10.1. The fourth-order valence-electron chi connectivity index (χ4n) is 3.04. The summed E-state index contributed by atoms with van der Waals surface area (Å²) in [5.74, 6) is -0.215. The fraction of sp³-hybridized carbons (Fsp3) is 0.292. The summed E-state index contributed by atoms with van der Waals surface area (Å²) in [7, 11) is 0. The Bertz CT molecular complexity index is 1160. The largest absolute Gasteiger partial charge is 0.481 e. The third-order valence-electron chi connectivity index (χ3n) is 4.92. The average Bonchev–Trinajstić information content (AvgIpc) is 2.72. The number of amides is 1. The Labute approximate surface area is 180 Å². The van der Waals surface area contributed by atoms with Crippen molar-refractivity contribution in [2.45, 2.75) is 40.2 Å². The highest BCUT2D eigenvalue weighted by Crippen LogP contribution is 2.23. The Balaban J connectivity index is 1.72. The first-order valence-electron chi connectivity index (χ1n) is 10.1. The summed E-state index contributed by atoms with van der Waals surface area (Å²) in [5.41, 5.74) is 1.24. The van der Waals surface area contributed by atoms with Gasteiger partial charge < -0.3 is 19.2 Å². The summed E-state index contributed by atoms with van der Waals surface area (Å²) >= 11 is 0. The number of nitrogens with one attached hydrogen (secondary N) is 1. The zero-order valence-corrected chi connectivity index (χ0v) is 18.0. The standard InChI is InChI=1S/C24H25NO6/c1-5-16(4)25-23(27)19-11-17-9-10-18(12-20(17)31-24(19)28)30-21(26)13-29-22-14(2)7-6-8-15(22)3/h6-12,16H,5,13H2,1-4H3,(H,25,27). The normalized spacial score (nSPS) is 11.7. The first kappa shape index (κ1) is 22.1. The Kier molecular flexibility index (Phi) is 6.74. The van der Waals surface area contributed by atoms with E-state index in [1.165, 1.54) is 12.1 Å². The highest BCUT2D eigenvalue weighted by molar-refractivity contribution is 5.97. The van der Waals surface area contributed by atoms with Crippen molar-refractivity contribution in [1.82, 2.24) is 5.32 Å². The van der Waals surface area contributed by atoms with Crippen LogP contribution in [0.25, 0.3) is 11.0 Å². The van der Waals surface area contributed by atoms with E-state index in [2.05, 4.69) is 5.32 Å². The number of benzene rings is 2. The maximum atomic E-state index is 12.3. The second kappa shape index (κ2) is 9.47. The van der Waals surface area contributed by atoms with Crippen molar-refractivity contribution in [2.75, 3.05) is 6.61 Å². The molecular formula is C24H25NO6. The topological polar surface area (TPSA) is 94.8 Å². The van der Waals surface area contributed by atoms with Crippen LogP contribution in [0.5, 0.6) is 11.5 Å². The SMILES string of the molecule is CCC(C)NC(=O)c1cc2ccc(OC(=O)COc3c(C)cccc3C)cc2oc1=O. The lowest BCUT2D eigenvalue weighted by Crippen LogP contribution is -2.34. The molecule has 0 aliphatic carbocycles. The van der Waals surface area contributed by atoms with Crippen molar-refractivity contribution in [3.8, 4) is 11.5 Å². The van der Waals surface area contributed by atoms with Crippen molar-refractivity contribution in [2.24, 2.45) is 0 Å². The molecule has 0 saturated carbocycles. The van der Waals surface area contributed by atoms with Crippen molar-refractivity contribution < 1.29 is 23.5 Å². The number of ether oxygens (including phenoxy) is 2. The second-order valence-corrected chi connectivity index (χ2v) is 7.41. The Hall–Kier alpha value is -3.61. The molecule has 162 valence electrons. The van der Waals surface area contributed by atoms with Gasteiger partial charge in [0, 0.05) is 17.5 Å². The van der Waals surface area contributed by atoms with Crippen molar-refractivity contribution >= 4 is 22.8 Å². The molecule has 0 spiro atoms. The van der Waals surface area contributed by atoms with Crippen LogP contribution in [0.4, 0.5) is 0 Å². The van der Waals surface area contributed by atoms with Crippen LogP contribution in [-0.2, 0) is 4.79 Å². The molecule has 1 N–H and O–H groups in total. The van der Waals surface area contributed by atoms with E-state index in [1.807, 2.05) is 45.9 Å². The third kappa shape index (κ3) is 5.31. The number of hydrogen-bond donors (Lipinski definition) is 1. The average molecular weight is 423 g/mol. The molecule has 1 atom stereocenters. The number of esters is 1. The highest BCUT2D eigenvalue weighted by atomic mass is 16.6. The molecule has 7 nitrogen and oxygen atoms in total. The molecule has 3 aromatic rings. The van der Waals surface area contributed by atoms with Crippen LogP contribution in [0, 0.1) is 13.8 Å². The molecule has 1 aromatic heterocycles. The van der Waals surface area contributed by atoms with E-state index in [0.29, 0.717) is 11.1 Å². The number of aryl methyl sites for hydroxylation is 2. The molecule has 0 bridgehead atoms. The molecule has 0 aliphatic rings. The van der Waals surface area contributed by atoms with E-state index in [9.17, 15) is 14.4 Å². The summed E-state index contributed by atoms with van der Waals surface area (Å²) < 4.78 is 16.2. The number of para-hydroxylation sites is 1. The fourth-order valence-corrected chi connectivity index (χ4v) is 3.04. The van der Waals surface area contributed by atoms with E-state index in [-0.39, 0.29) is 29.5 Å². The van der Waals surface area contributed by atoms with E-state index >= 15 is 0 Å². The number of carbonyl (C=O) groups excluding carboxylic acids is 2. The van der Waals surface area contributed by atoms with Gasteiger partial charge >= 0.3 is 11.6 Å². The third-order valence-corrected chi connectivity index (χ3v) is 4.92. The van der Waals surface area contributed by atoms with E-state index in [0.717, 1.165) is 17.5 Å². The van der Waals surface area contributed by atoms with Crippen LogP contribution in [0.15, 0.2) is 51.7 Å². The lowest BCUT2D eigenvalue weighted by atomic mass is 10.1. The van der Waals surface area contributed by atoms with Gasteiger partial charge in [0.15, 0.2) is 6.61 Å². The van der Waals surface area contributed by atoms with Gasteiger partial charge in [0.2, 0.25) is 0 Å². The van der Waals surface area contributed by atoms with Crippen LogP contribution >= 0.6 is 0 Å². The zero-order chi connectivity index (χ0) is 22.5. The molecule has 0 aliphatic heterocycles. The van der Waals surface area contributed by atoms with Gasteiger partial charge in [0.1, 0.15) is 22.6 Å². The van der Waals surface area contributed by atoms with Gasteiger partial charge in [-0.15, -0.1) is 0 Å². The summed E-state index contributed by atoms with van der Waals surface area (Å²) in [6.45, 7) is 7.32. The molecule has 31 heavy (non-hydrogen) atoms. The predicted molar refractivity (Wildman–Crippen MR) is 117 cm³/mol. The number of fused-ring (bicyclic) bond motifs is 1. The van der Waals surface area contributed by atoms with E-state index < -0.39 is 17.5 Å². The first-order chi connectivity index (χ1) is 14.8. The maximum absolute atomic E-state index is 12.3. The molecule has 1 heterocycles. The van der Waals surface area contributed by atoms with E-state index in [4.69, 9.17) is 13.9 Å². The molecule has 1 amide bonds. The summed E-state index contributed by atoms with van der Waals surface area (Å²) in [5, 5.41) is 3.28. The minimum absolute atomic E-state index is 0.0601. The summed E-state index contributed by atoms with van der Waals surface area (Å²) in [6.07, 6.45) is 0.743. The minimum atomic E-state index is -0.754. The second-order valence-electron chi connectivity index (χ2n) is 7.41. The van der Waals surface area contributed by atoms with Gasteiger partial charge in [0.25, 0.3) is 5.91 Å². The maximum Gasteiger partial charge on any atom is 0.349 e. The lowest BCUT2D eigenvalue weighted by molar-refractivity contribution is -0.136. The quantitative estimate of drug-likeness (QED) is 0.352. The van der Waals surface area contributed by atoms with Crippen molar-refractivity contribution in [3.05, 3.63) is 69.6 Å². The van der Waals surface area contributed by atoms with Gasteiger partial charge in [0.05, 0.1) is 0 Å². The number of rotatable bonds is 7. The molecule has 0 fully saturated rings. The van der Waals surface area contributed by atoms with Crippen LogP contribution < -0.4 is 20.4 Å². The van der Waals surface area contributed by atoms with Crippen molar-refractivity contribution in [1.29, 1.82) is 0 Å². The number of hydrogen-bond acceptors (Lipinski definition) is 6. The molecule has 3 rings (SSSR count). The van der Waals surface area contributed by atoms with Crippen LogP contribution in [0.3, 0.4) is 0 Å². The van der Waals surface area contributed by atoms with Crippen LogP contribution in [0.1, 0.15) is 41.8 Å². The van der Waals surface area contributed by atoms with Crippen LogP contribution in [0.2, 0.25) is 0 Å². The lowest BCUT2D eigenvalue weighted by Gasteiger charge is -2.12. The van der Waals surface area contributed by atoms with Gasteiger partial charge in [-0.3, -0.25) is 4.79 Å². The zero-order valence-electron chi connectivity index (χ0n) is 18.0. The Morgan fingerprint density at radius 2 is 1.81 bits per heavy atom. The van der Waals surface area contributed by atoms with Gasteiger partial charge in [-0.1, -0.05) is 25.1 Å². The van der Waals surface area contributed by atoms with E-state index in [1.54, 1.807) is 12.1 Å². The summed E-state index contributed by atoms with van der Waals surface area (Å²) in [6, 6.07) is 11.7. The molecular weight excluding hydrogens is 398 g/mol. The van der Waals surface area contributed by atoms with Gasteiger partial charge in [-0.05, 0) is 56.5 Å². The molecule has 2 aromatic carbocycles. The molecule has 0 saturated heterocycles. The predicted octanol–water partition coefficient (Wildman–Crippen LogP) is 3.92. The molecule has 0 radical (unpaired) electrons. The smallest absolute Gasteiger partial charge is 0.349 e. The Morgan fingerprint density at radius 3 is 2.48 bits per heavy atom. The monoisotopic (exact) mass is 423 g/mol. The molecule has 1 unspecified atom stereocenters. The number of carbonyl (C=O) groups is 2. The Morgan fingerprint density at radius 1 is 1.10 bits per heavy atom. The van der Waals surface area contributed by atoms with Gasteiger partial charge in [-0.25, -0.2) is 9.59 Å². The minimum Gasteiger partial charge on any atom is -0.481 e. The van der Waals surface area contributed by atoms with Gasteiger partial charge in [-0.2, -0.15) is 0 Å². The van der Waals surface area contributed by atoms with Crippen LogP contribution in [-0.4, -0.2) is 24.5 Å². The highest BCUT2D eigenvalue weighted by Gasteiger charge is 2.16. The summed E-state index contributed by atoms with van der Waals surface area (Å²) in [4.78, 5) is 36.7. The molecule has 7 heteroatoms. The van der Waals surface area contributed by atoms with Crippen molar-refractivity contribution in [3.63, 3.8) is 0 Å².